The van der Waals surface area contributed by atoms with Crippen molar-refractivity contribution in [3.05, 3.63) is 204 Å². The molecule has 8 aromatic carbocycles. The largest absolute Gasteiger partial charge is 0.456 e. The van der Waals surface area contributed by atoms with Crippen LogP contribution in [0.1, 0.15) is 22.3 Å². The Hall–Kier alpha value is -7.63. The van der Waals surface area contributed by atoms with Gasteiger partial charge in [0, 0.05) is 32.7 Å². The summed E-state index contributed by atoms with van der Waals surface area (Å²) in [7, 11) is 0. The van der Waals surface area contributed by atoms with Crippen LogP contribution in [0.3, 0.4) is 0 Å². The second kappa shape index (κ2) is 11.2. The SMILES string of the molecule is c1ccc(-c2nc(-c3cccc4oc5ccccc5c34)nc(-n3c4ccccc4c4cc5c(cc43)-c3ccccc3C53c4ccccc4-c4ccccc43)n2)cc1. The minimum Gasteiger partial charge on any atom is -0.456 e. The summed E-state index contributed by atoms with van der Waals surface area (Å²) < 4.78 is 8.56. The molecule has 2 aliphatic carbocycles. The fourth-order valence-electron chi connectivity index (χ4n) is 10.0. The summed E-state index contributed by atoms with van der Waals surface area (Å²) in [5.41, 5.74) is 15.4. The molecule has 0 atom stereocenters. The van der Waals surface area contributed by atoms with Crippen LogP contribution in [0.4, 0.5) is 0 Å². The molecule has 57 heavy (non-hydrogen) atoms. The van der Waals surface area contributed by atoms with Crippen LogP contribution in [0.2, 0.25) is 0 Å². The fourth-order valence-corrected chi connectivity index (χ4v) is 10.0. The molecule has 0 amide bonds. The van der Waals surface area contributed by atoms with Gasteiger partial charge in [-0.15, -0.1) is 0 Å². The van der Waals surface area contributed by atoms with Gasteiger partial charge < -0.3 is 4.42 Å². The molecular formula is C52H30N4O. The second-order valence-corrected chi connectivity index (χ2v) is 15.1. The van der Waals surface area contributed by atoms with E-state index in [1.54, 1.807) is 0 Å². The third-order valence-electron chi connectivity index (χ3n) is 12.3. The van der Waals surface area contributed by atoms with Crippen LogP contribution in [-0.2, 0) is 5.41 Å². The number of fused-ring (bicyclic) bond motifs is 16. The summed E-state index contributed by atoms with van der Waals surface area (Å²) in [5, 5.41) is 4.32. The number of nitrogens with zero attached hydrogens (tertiary/aromatic N) is 4. The Morgan fingerprint density at radius 2 is 0.965 bits per heavy atom. The second-order valence-electron chi connectivity index (χ2n) is 15.1. The number of furan rings is 1. The first-order valence-electron chi connectivity index (χ1n) is 19.4. The third kappa shape index (κ3) is 3.99. The van der Waals surface area contributed by atoms with Crippen molar-refractivity contribution in [2.75, 3.05) is 0 Å². The van der Waals surface area contributed by atoms with Gasteiger partial charge in [-0.2, -0.15) is 9.97 Å². The van der Waals surface area contributed by atoms with E-state index in [0.29, 0.717) is 17.6 Å². The Morgan fingerprint density at radius 3 is 1.72 bits per heavy atom. The fraction of sp³-hybridized carbons (Fsp3) is 0.0192. The topological polar surface area (TPSA) is 56.7 Å². The number of benzene rings is 8. The molecule has 0 saturated carbocycles. The van der Waals surface area contributed by atoms with Gasteiger partial charge in [0.05, 0.1) is 16.4 Å². The highest BCUT2D eigenvalue weighted by molar-refractivity contribution is 6.13. The Bertz CT molecular complexity index is 3440. The van der Waals surface area contributed by atoms with Crippen molar-refractivity contribution in [2.45, 2.75) is 5.41 Å². The first kappa shape index (κ1) is 30.7. The molecule has 13 rings (SSSR count). The van der Waals surface area contributed by atoms with Gasteiger partial charge in [0.2, 0.25) is 5.95 Å². The Morgan fingerprint density at radius 1 is 0.386 bits per heavy atom. The van der Waals surface area contributed by atoms with Crippen LogP contribution in [0.15, 0.2) is 186 Å². The first-order chi connectivity index (χ1) is 28.3. The molecule has 264 valence electrons. The smallest absolute Gasteiger partial charge is 0.238 e. The van der Waals surface area contributed by atoms with E-state index in [9.17, 15) is 0 Å². The van der Waals surface area contributed by atoms with Gasteiger partial charge >= 0.3 is 0 Å². The lowest BCUT2D eigenvalue weighted by atomic mass is 9.70. The average molecular weight is 727 g/mol. The van der Waals surface area contributed by atoms with Crippen LogP contribution in [0.25, 0.3) is 94.7 Å². The number of hydrogen-bond donors (Lipinski definition) is 0. The molecule has 11 aromatic rings. The predicted octanol–water partition coefficient (Wildman–Crippen LogP) is 12.5. The molecule has 2 aliphatic rings. The maximum Gasteiger partial charge on any atom is 0.238 e. The van der Waals surface area contributed by atoms with Gasteiger partial charge in [0.25, 0.3) is 0 Å². The summed E-state index contributed by atoms with van der Waals surface area (Å²) in [6.45, 7) is 0. The van der Waals surface area contributed by atoms with Crippen molar-refractivity contribution in [3.63, 3.8) is 0 Å². The van der Waals surface area contributed by atoms with Crippen LogP contribution in [0.5, 0.6) is 0 Å². The van der Waals surface area contributed by atoms with E-state index in [2.05, 4.69) is 138 Å². The molecular weight excluding hydrogens is 697 g/mol. The highest BCUT2D eigenvalue weighted by atomic mass is 16.3. The number of para-hydroxylation sites is 2. The first-order valence-corrected chi connectivity index (χ1v) is 19.4. The lowest BCUT2D eigenvalue weighted by molar-refractivity contribution is 0.669. The maximum atomic E-state index is 6.33. The molecule has 0 bridgehead atoms. The molecule has 3 aromatic heterocycles. The van der Waals surface area contributed by atoms with E-state index < -0.39 is 5.41 Å². The molecule has 5 nitrogen and oxygen atoms in total. The highest BCUT2D eigenvalue weighted by Crippen LogP contribution is 2.63. The van der Waals surface area contributed by atoms with E-state index in [0.717, 1.165) is 54.9 Å². The molecule has 0 N–H and O–H groups in total. The van der Waals surface area contributed by atoms with Crippen molar-refractivity contribution in [2.24, 2.45) is 0 Å². The lowest BCUT2D eigenvalue weighted by Crippen LogP contribution is -2.25. The zero-order chi connectivity index (χ0) is 37.2. The van der Waals surface area contributed by atoms with Gasteiger partial charge in [-0.3, -0.25) is 4.57 Å². The summed E-state index contributed by atoms with van der Waals surface area (Å²) in [5.74, 6) is 1.76. The van der Waals surface area contributed by atoms with Gasteiger partial charge in [0.1, 0.15) is 11.2 Å². The zero-order valence-corrected chi connectivity index (χ0v) is 30.5. The molecule has 0 saturated heterocycles. The van der Waals surface area contributed by atoms with Crippen LogP contribution in [-0.4, -0.2) is 19.5 Å². The summed E-state index contributed by atoms with van der Waals surface area (Å²) in [6.07, 6.45) is 0. The van der Waals surface area contributed by atoms with Gasteiger partial charge in [-0.25, -0.2) is 4.98 Å². The van der Waals surface area contributed by atoms with Gasteiger partial charge in [-0.1, -0.05) is 152 Å². The predicted molar refractivity (Wildman–Crippen MR) is 229 cm³/mol. The Labute approximate surface area is 327 Å². The minimum absolute atomic E-state index is 0.441. The van der Waals surface area contributed by atoms with Crippen molar-refractivity contribution in [1.82, 2.24) is 19.5 Å². The maximum absolute atomic E-state index is 6.33. The van der Waals surface area contributed by atoms with E-state index in [4.69, 9.17) is 19.4 Å². The highest BCUT2D eigenvalue weighted by Gasteiger charge is 2.51. The van der Waals surface area contributed by atoms with Crippen molar-refractivity contribution >= 4 is 43.7 Å². The number of aromatic nitrogens is 4. The molecule has 0 aliphatic heterocycles. The molecule has 3 heterocycles. The molecule has 5 heteroatoms. The molecule has 0 unspecified atom stereocenters. The molecule has 0 fully saturated rings. The van der Waals surface area contributed by atoms with Crippen molar-refractivity contribution in [1.29, 1.82) is 0 Å². The van der Waals surface area contributed by atoms with E-state index in [1.807, 2.05) is 48.5 Å². The normalized spacial score (nSPS) is 13.4. The number of rotatable bonds is 3. The standard InChI is InChI=1S/C52H30N4O/c1-2-15-31(16-3-1)49-53-50(37-22-14-28-47-48(37)36-21-8-13-27-46(36)57-47)55-51(54-49)56-44-26-12-7-20-35(44)39-29-43-38(30-45(39)56)34-19-6-11-25-42(34)52(43)40-23-9-4-17-32(40)33-18-5-10-24-41(33)52/h1-30H. The quantitative estimate of drug-likeness (QED) is 0.182. The van der Waals surface area contributed by atoms with Crippen LogP contribution in [0, 0.1) is 0 Å². The Kier molecular flexibility index (Phi) is 6.04. The van der Waals surface area contributed by atoms with Crippen LogP contribution >= 0.6 is 0 Å². The van der Waals surface area contributed by atoms with Crippen molar-refractivity contribution < 1.29 is 4.42 Å². The average Bonchev–Trinajstić information content (AvgIpc) is 3.99. The van der Waals surface area contributed by atoms with Crippen LogP contribution < -0.4 is 0 Å². The van der Waals surface area contributed by atoms with E-state index in [-0.39, 0.29) is 0 Å². The number of hydrogen-bond acceptors (Lipinski definition) is 4. The summed E-state index contributed by atoms with van der Waals surface area (Å²) >= 11 is 0. The molecule has 1 spiro atoms. The summed E-state index contributed by atoms with van der Waals surface area (Å²) in [6, 6.07) is 64.8. The Balaban J connectivity index is 1.13. The van der Waals surface area contributed by atoms with Crippen molar-refractivity contribution in [3.8, 4) is 51.0 Å². The van der Waals surface area contributed by atoms with E-state index in [1.165, 1.54) is 44.5 Å². The summed E-state index contributed by atoms with van der Waals surface area (Å²) in [4.78, 5) is 15.8. The lowest BCUT2D eigenvalue weighted by Gasteiger charge is -2.30. The minimum atomic E-state index is -0.441. The van der Waals surface area contributed by atoms with Gasteiger partial charge in [-0.05, 0) is 74.8 Å². The van der Waals surface area contributed by atoms with Gasteiger partial charge in [0.15, 0.2) is 11.6 Å². The third-order valence-corrected chi connectivity index (χ3v) is 12.3. The molecule has 0 radical (unpaired) electrons. The monoisotopic (exact) mass is 726 g/mol. The zero-order valence-electron chi connectivity index (χ0n) is 30.5. The van der Waals surface area contributed by atoms with E-state index >= 15 is 0 Å².